The van der Waals surface area contributed by atoms with Crippen LogP contribution in [0.15, 0.2) is 23.8 Å². The van der Waals surface area contributed by atoms with Crippen LogP contribution in [0.4, 0.5) is 0 Å². The van der Waals surface area contributed by atoms with E-state index in [1.807, 2.05) is 0 Å². The third kappa shape index (κ3) is 0.448. The summed E-state index contributed by atoms with van der Waals surface area (Å²) in [7, 11) is 0. The first-order valence-electron chi connectivity index (χ1n) is 4.17. The molecule has 0 heterocycles. The summed E-state index contributed by atoms with van der Waals surface area (Å²) in [6.45, 7) is 0. The number of rotatable bonds is 0. The molecule has 0 saturated heterocycles. The van der Waals surface area contributed by atoms with E-state index < -0.39 is 0 Å². The summed E-state index contributed by atoms with van der Waals surface area (Å²) < 4.78 is 0. The minimum absolute atomic E-state index is 0.832. The van der Waals surface area contributed by atoms with Gasteiger partial charge in [-0.3, -0.25) is 0 Å². The van der Waals surface area contributed by atoms with Gasteiger partial charge in [0.05, 0.1) is 0 Å². The van der Waals surface area contributed by atoms with Crippen molar-refractivity contribution in [2.24, 2.45) is 17.8 Å². The SMILES string of the molecule is [CH]1CC2CC1C1C=CC=C21. The van der Waals surface area contributed by atoms with E-state index in [1.165, 1.54) is 12.8 Å². The zero-order valence-electron chi connectivity index (χ0n) is 5.96. The van der Waals surface area contributed by atoms with Crippen molar-refractivity contribution in [2.75, 3.05) is 0 Å². The van der Waals surface area contributed by atoms with E-state index in [0.29, 0.717) is 0 Å². The summed E-state index contributed by atoms with van der Waals surface area (Å²) in [6.07, 6.45) is 12.3. The van der Waals surface area contributed by atoms with E-state index in [-0.39, 0.29) is 0 Å². The van der Waals surface area contributed by atoms with Crippen molar-refractivity contribution in [1.82, 2.24) is 0 Å². The van der Waals surface area contributed by atoms with E-state index in [0.717, 1.165) is 17.8 Å². The molecule has 10 heavy (non-hydrogen) atoms. The number of hydrogen-bond donors (Lipinski definition) is 0. The molecule has 0 aromatic carbocycles. The van der Waals surface area contributed by atoms with Gasteiger partial charge >= 0.3 is 0 Å². The van der Waals surface area contributed by atoms with Crippen molar-refractivity contribution >= 4 is 0 Å². The molecule has 2 fully saturated rings. The molecule has 3 rings (SSSR count). The molecule has 0 aromatic heterocycles. The molecular formula is C10H11. The lowest BCUT2D eigenvalue weighted by Gasteiger charge is -2.18. The number of allylic oxidation sites excluding steroid dienone is 4. The molecule has 2 bridgehead atoms. The second kappa shape index (κ2) is 1.55. The van der Waals surface area contributed by atoms with Gasteiger partial charge in [-0.1, -0.05) is 23.8 Å². The summed E-state index contributed by atoms with van der Waals surface area (Å²) in [5.74, 6) is 2.68. The molecular weight excluding hydrogens is 120 g/mol. The van der Waals surface area contributed by atoms with Crippen LogP contribution in [0, 0.1) is 24.2 Å². The average molecular weight is 131 g/mol. The Morgan fingerprint density at radius 3 is 3.30 bits per heavy atom. The van der Waals surface area contributed by atoms with Crippen molar-refractivity contribution in [3.05, 3.63) is 30.2 Å². The highest BCUT2D eigenvalue weighted by atomic mass is 14.5. The maximum atomic E-state index is 2.52. The topological polar surface area (TPSA) is 0 Å². The highest BCUT2D eigenvalue weighted by Crippen LogP contribution is 2.53. The smallest absolute Gasteiger partial charge is 0.00170 e. The maximum Gasteiger partial charge on any atom is 0.00170 e. The Bertz CT molecular complexity index is 222. The Hall–Kier alpha value is -0.520. The summed E-state index contributed by atoms with van der Waals surface area (Å²) in [6, 6.07) is 0. The van der Waals surface area contributed by atoms with E-state index >= 15 is 0 Å². The molecule has 2 saturated carbocycles. The molecule has 1 radical (unpaired) electrons. The lowest BCUT2D eigenvalue weighted by Crippen LogP contribution is -2.08. The molecule has 0 aromatic rings. The third-order valence-electron chi connectivity index (χ3n) is 3.20. The molecule has 0 heteroatoms. The quantitative estimate of drug-likeness (QED) is 0.473. The fourth-order valence-corrected chi connectivity index (χ4v) is 2.73. The zero-order chi connectivity index (χ0) is 6.55. The second-order valence-electron chi connectivity index (χ2n) is 3.65. The van der Waals surface area contributed by atoms with Gasteiger partial charge < -0.3 is 0 Å². The standard InChI is InChI=1S/C10H11/c1-2-9-7-4-5-8(6-7)10(9)3-1/h1-4,7-9H,5-6H2. The first-order valence-corrected chi connectivity index (χ1v) is 4.17. The van der Waals surface area contributed by atoms with E-state index in [4.69, 9.17) is 0 Å². The summed E-state index contributed by atoms with van der Waals surface area (Å²) in [4.78, 5) is 0. The molecule has 3 aliphatic rings. The first-order chi connectivity index (χ1) is 4.95. The molecule has 0 spiro atoms. The van der Waals surface area contributed by atoms with Gasteiger partial charge in [-0.15, -0.1) is 0 Å². The van der Waals surface area contributed by atoms with Crippen LogP contribution in [0.3, 0.4) is 0 Å². The van der Waals surface area contributed by atoms with Crippen molar-refractivity contribution < 1.29 is 0 Å². The normalized spacial score (nSPS) is 48.0. The molecule has 0 aliphatic heterocycles. The molecule has 3 unspecified atom stereocenters. The zero-order valence-corrected chi connectivity index (χ0v) is 5.96. The minimum Gasteiger partial charge on any atom is -0.0770 e. The monoisotopic (exact) mass is 131 g/mol. The van der Waals surface area contributed by atoms with Gasteiger partial charge in [0.15, 0.2) is 0 Å². The summed E-state index contributed by atoms with van der Waals surface area (Å²) >= 11 is 0. The van der Waals surface area contributed by atoms with Crippen LogP contribution in [0.2, 0.25) is 0 Å². The molecule has 0 N–H and O–H groups in total. The second-order valence-corrected chi connectivity index (χ2v) is 3.65. The highest BCUT2D eigenvalue weighted by molar-refractivity contribution is 5.37. The van der Waals surface area contributed by atoms with Crippen LogP contribution in [0.1, 0.15) is 12.8 Å². The van der Waals surface area contributed by atoms with E-state index in [9.17, 15) is 0 Å². The predicted octanol–water partition coefficient (Wildman–Crippen LogP) is 2.34. The Morgan fingerprint density at radius 2 is 2.40 bits per heavy atom. The van der Waals surface area contributed by atoms with Crippen LogP contribution < -0.4 is 0 Å². The summed E-state index contributed by atoms with van der Waals surface area (Å²) in [5, 5.41) is 0. The van der Waals surface area contributed by atoms with Crippen molar-refractivity contribution in [1.29, 1.82) is 0 Å². The van der Waals surface area contributed by atoms with Gasteiger partial charge in [0.25, 0.3) is 0 Å². The van der Waals surface area contributed by atoms with Gasteiger partial charge in [0, 0.05) is 5.92 Å². The van der Waals surface area contributed by atoms with Crippen LogP contribution in [0.25, 0.3) is 0 Å². The van der Waals surface area contributed by atoms with Gasteiger partial charge in [0.2, 0.25) is 0 Å². The van der Waals surface area contributed by atoms with Gasteiger partial charge in [-0.25, -0.2) is 0 Å². The molecule has 0 nitrogen and oxygen atoms in total. The van der Waals surface area contributed by atoms with Crippen LogP contribution >= 0.6 is 0 Å². The Balaban J connectivity index is 2.08. The van der Waals surface area contributed by atoms with Crippen LogP contribution in [-0.2, 0) is 0 Å². The highest BCUT2D eigenvalue weighted by Gasteiger charge is 2.43. The van der Waals surface area contributed by atoms with E-state index in [2.05, 4.69) is 24.6 Å². The molecule has 3 atom stereocenters. The van der Waals surface area contributed by atoms with Crippen molar-refractivity contribution in [3.63, 3.8) is 0 Å². The van der Waals surface area contributed by atoms with Crippen molar-refractivity contribution in [3.8, 4) is 0 Å². The largest absolute Gasteiger partial charge is 0.0770 e. The van der Waals surface area contributed by atoms with Gasteiger partial charge in [-0.05, 0) is 31.1 Å². The fraction of sp³-hybridized carbons (Fsp3) is 0.500. The number of hydrogen-bond acceptors (Lipinski definition) is 0. The minimum atomic E-state index is 0.832. The number of fused-ring (bicyclic) bond motifs is 5. The Morgan fingerprint density at radius 1 is 1.40 bits per heavy atom. The lowest BCUT2D eigenvalue weighted by molar-refractivity contribution is 0.575. The average Bonchev–Trinajstić information content (AvgIpc) is 2.60. The molecule has 3 aliphatic carbocycles. The lowest BCUT2D eigenvalue weighted by atomic mass is 9.87. The Labute approximate surface area is 61.6 Å². The maximum absolute atomic E-state index is 2.52. The van der Waals surface area contributed by atoms with Gasteiger partial charge in [0.1, 0.15) is 0 Å². The molecule has 51 valence electrons. The summed E-state index contributed by atoms with van der Waals surface area (Å²) in [5.41, 5.74) is 1.73. The van der Waals surface area contributed by atoms with Crippen LogP contribution in [0.5, 0.6) is 0 Å². The van der Waals surface area contributed by atoms with Gasteiger partial charge in [-0.2, -0.15) is 0 Å². The fourth-order valence-electron chi connectivity index (χ4n) is 2.73. The van der Waals surface area contributed by atoms with Crippen molar-refractivity contribution in [2.45, 2.75) is 12.8 Å². The first kappa shape index (κ1) is 5.17. The molecule has 0 amide bonds. The third-order valence-corrected chi connectivity index (χ3v) is 3.20. The van der Waals surface area contributed by atoms with E-state index in [1.54, 1.807) is 5.57 Å². The predicted molar refractivity (Wildman–Crippen MR) is 41.2 cm³/mol. The Kier molecular flexibility index (Phi) is 0.803. The van der Waals surface area contributed by atoms with Crippen LogP contribution in [-0.4, -0.2) is 0 Å².